The van der Waals surface area contributed by atoms with Gasteiger partial charge in [0.2, 0.25) is 0 Å². The van der Waals surface area contributed by atoms with Crippen LogP contribution in [0.15, 0.2) is 23.0 Å². The molecule has 4 heterocycles. The number of amides is 2. The number of hydrogen-bond donors (Lipinski definition) is 1. The van der Waals surface area contributed by atoms with Gasteiger partial charge in [0.1, 0.15) is 0 Å². The van der Waals surface area contributed by atoms with E-state index in [4.69, 9.17) is 10.3 Å². The van der Waals surface area contributed by atoms with Gasteiger partial charge in [0.25, 0.3) is 17.5 Å². The Labute approximate surface area is 167 Å². The second kappa shape index (κ2) is 7.31. The van der Waals surface area contributed by atoms with Crippen LogP contribution in [0.4, 0.5) is 0 Å². The van der Waals surface area contributed by atoms with Crippen molar-refractivity contribution in [2.75, 3.05) is 13.1 Å². The van der Waals surface area contributed by atoms with E-state index in [-0.39, 0.29) is 17.7 Å². The summed E-state index contributed by atoms with van der Waals surface area (Å²) >= 11 is 0. The molecule has 9 heteroatoms. The first-order chi connectivity index (χ1) is 13.8. The first kappa shape index (κ1) is 19.1. The quantitative estimate of drug-likeness (QED) is 0.722. The van der Waals surface area contributed by atoms with Gasteiger partial charge in [0.05, 0.1) is 27.9 Å². The predicted octanol–water partition coefficient (Wildman–Crippen LogP) is 2.20. The van der Waals surface area contributed by atoms with Crippen LogP contribution in [0.3, 0.4) is 0 Å². The number of aryl methyl sites for hydroxylation is 1. The van der Waals surface area contributed by atoms with Crippen LogP contribution in [0.2, 0.25) is 0 Å². The van der Waals surface area contributed by atoms with Crippen molar-refractivity contribution < 1.29 is 14.1 Å². The molecule has 3 aromatic rings. The van der Waals surface area contributed by atoms with E-state index in [1.807, 2.05) is 13.8 Å². The summed E-state index contributed by atoms with van der Waals surface area (Å²) in [6.45, 7) is 5.16. The number of piperidine rings is 1. The molecule has 0 aliphatic carbocycles. The van der Waals surface area contributed by atoms with Gasteiger partial charge in [-0.1, -0.05) is 19.0 Å². The molecular formula is C20H24N6O3. The summed E-state index contributed by atoms with van der Waals surface area (Å²) in [6.07, 6.45) is 4.83. The van der Waals surface area contributed by atoms with E-state index >= 15 is 0 Å². The Balaban J connectivity index is 1.60. The standard InChI is InChI=1S/C20H24N6O3/c1-11(2)16-14-7-13(8-22-19(14)29-24-16)20(28)26-6-4-5-12(9-26)17-15(18(21)27)10-25(3)23-17/h7-8,10-12H,4-6,9H2,1-3H3,(H2,21,27)/t12-/m1/s1. The summed E-state index contributed by atoms with van der Waals surface area (Å²) < 4.78 is 6.85. The summed E-state index contributed by atoms with van der Waals surface area (Å²) in [5.41, 5.74) is 8.30. The minimum absolute atomic E-state index is 0.0325. The smallest absolute Gasteiger partial charge is 0.257 e. The lowest BCUT2D eigenvalue weighted by Gasteiger charge is -2.32. The topological polar surface area (TPSA) is 120 Å². The second-order valence-electron chi connectivity index (χ2n) is 7.86. The molecule has 1 aliphatic rings. The summed E-state index contributed by atoms with van der Waals surface area (Å²) in [5, 5.41) is 9.27. The van der Waals surface area contributed by atoms with E-state index < -0.39 is 5.91 Å². The van der Waals surface area contributed by atoms with Crippen molar-refractivity contribution in [2.24, 2.45) is 12.8 Å². The van der Waals surface area contributed by atoms with E-state index in [1.165, 1.54) is 6.20 Å². The molecule has 29 heavy (non-hydrogen) atoms. The Bertz CT molecular complexity index is 1080. The molecule has 1 saturated heterocycles. The number of likely N-dealkylation sites (tertiary alicyclic amines) is 1. The Kier molecular flexibility index (Phi) is 4.81. The number of primary amides is 1. The van der Waals surface area contributed by atoms with Crippen LogP contribution in [0.5, 0.6) is 0 Å². The van der Waals surface area contributed by atoms with Gasteiger partial charge in [-0.25, -0.2) is 4.98 Å². The van der Waals surface area contributed by atoms with Gasteiger partial charge in [-0.2, -0.15) is 5.10 Å². The number of nitrogens with two attached hydrogens (primary N) is 1. The average molecular weight is 396 g/mol. The van der Waals surface area contributed by atoms with E-state index in [0.717, 1.165) is 23.9 Å². The maximum atomic E-state index is 13.2. The molecule has 0 bridgehead atoms. The third kappa shape index (κ3) is 3.48. The van der Waals surface area contributed by atoms with Crippen molar-refractivity contribution >= 4 is 22.9 Å². The van der Waals surface area contributed by atoms with Crippen molar-refractivity contribution in [3.63, 3.8) is 0 Å². The highest BCUT2D eigenvalue weighted by Crippen LogP contribution is 2.30. The van der Waals surface area contributed by atoms with Gasteiger partial charge in [-0.05, 0) is 24.8 Å². The summed E-state index contributed by atoms with van der Waals surface area (Å²) in [7, 11) is 1.76. The zero-order chi connectivity index (χ0) is 20.7. The number of carbonyl (C=O) groups excluding carboxylic acids is 2. The molecule has 1 aliphatic heterocycles. The van der Waals surface area contributed by atoms with E-state index in [1.54, 1.807) is 28.9 Å². The lowest BCUT2D eigenvalue weighted by atomic mass is 9.92. The van der Waals surface area contributed by atoms with Gasteiger partial charge >= 0.3 is 0 Å². The van der Waals surface area contributed by atoms with Crippen LogP contribution < -0.4 is 5.73 Å². The lowest BCUT2D eigenvalue weighted by molar-refractivity contribution is 0.0705. The van der Waals surface area contributed by atoms with Crippen molar-refractivity contribution in [1.82, 2.24) is 24.8 Å². The molecule has 0 radical (unpaired) electrons. The second-order valence-corrected chi connectivity index (χ2v) is 7.86. The molecule has 4 rings (SSSR count). The average Bonchev–Trinajstić information content (AvgIpc) is 3.30. The minimum Gasteiger partial charge on any atom is -0.365 e. The number of hydrogen-bond acceptors (Lipinski definition) is 6. The number of aromatic nitrogens is 4. The molecule has 1 fully saturated rings. The molecule has 0 saturated carbocycles. The zero-order valence-corrected chi connectivity index (χ0v) is 16.8. The summed E-state index contributed by atoms with van der Waals surface area (Å²) in [4.78, 5) is 31.0. The van der Waals surface area contributed by atoms with Crippen LogP contribution in [-0.2, 0) is 7.05 Å². The Morgan fingerprint density at radius 2 is 2.14 bits per heavy atom. The first-order valence-electron chi connectivity index (χ1n) is 9.73. The fourth-order valence-electron chi connectivity index (χ4n) is 3.95. The van der Waals surface area contributed by atoms with Gasteiger partial charge < -0.3 is 15.2 Å². The van der Waals surface area contributed by atoms with E-state index in [0.29, 0.717) is 35.6 Å². The number of nitrogens with zero attached hydrogens (tertiary/aromatic N) is 5. The van der Waals surface area contributed by atoms with E-state index in [9.17, 15) is 9.59 Å². The van der Waals surface area contributed by atoms with Gasteiger partial charge in [0, 0.05) is 38.4 Å². The molecule has 0 unspecified atom stereocenters. The highest BCUT2D eigenvalue weighted by Gasteiger charge is 2.30. The van der Waals surface area contributed by atoms with Crippen molar-refractivity contribution in [3.8, 4) is 0 Å². The Morgan fingerprint density at radius 3 is 2.86 bits per heavy atom. The van der Waals surface area contributed by atoms with Gasteiger partial charge in [0.15, 0.2) is 0 Å². The minimum atomic E-state index is -0.500. The normalized spacial score (nSPS) is 17.2. The molecule has 1 atom stereocenters. The number of fused-ring (bicyclic) bond motifs is 1. The SMILES string of the molecule is CC(C)c1noc2ncc(C(=O)N3CCC[C@@H](c4nn(C)cc4C(N)=O)C3)cc12. The predicted molar refractivity (Wildman–Crippen MR) is 105 cm³/mol. The van der Waals surface area contributed by atoms with Crippen LogP contribution in [0.25, 0.3) is 11.1 Å². The highest BCUT2D eigenvalue weighted by molar-refractivity contribution is 5.97. The number of rotatable bonds is 4. The summed E-state index contributed by atoms with van der Waals surface area (Å²) in [5.74, 6) is -0.467. The largest absolute Gasteiger partial charge is 0.365 e. The van der Waals surface area contributed by atoms with Crippen molar-refractivity contribution in [2.45, 2.75) is 38.5 Å². The summed E-state index contributed by atoms with van der Waals surface area (Å²) in [6, 6.07) is 1.80. The molecule has 2 N–H and O–H groups in total. The maximum Gasteiger partial charge on any atom is 0.257 e. The number of carbonyl (C=O) groups is 2. The molecular weight excluding hydrogens is 372 g/mol. The molecule has 3 aromatic heterocycles. The molecule has 9 nitrogen and oxygen atoms in total. The zero-order valence-electron chi connectivity index (χ0n) is 16.8. The lowest BCUT2D eigenvalue weighted by Crippen LogP contribution is -2.39. The van der Waals surface area contributed by atoms with E-state index in [2.05, 4.69) is 15.2 Å². The highest BCUT2D eigenvalue weighted by atomic mass is 16.5. The third-order valence-corrected chi connectivity index (χ3v) is 5.37. The fourth-order valence-corrected chi connectivity index (χ4v) is 3.95. The molecule has 2 amide bonds. The Hall–Kier alpha value is -3.23. The van der Waals surface area contributed by atoms with Crippen LogP contribution in [-0.4, -0.2) is 49.7 Å². The number of pyridine rings is 1. The van der Waals surface area contributed by atoms with Gasteiger partial charge in [-0.15, -0.1) is 0 Å². The maximum absolute atomic E-state index is 13.2. The van der Waals surface area contributed by atoms with Gasteiger partial charge in [-0.3, -0.25) is 14.3 Å². The first-order valence-corrected chi connectivity index (χ1v) is 9.73. The molecule has 152 valence electrons. The fraction of sp³-hybridized carbons (Fsp3) is 0.450. The molecule has 0 aromatic carbocycles. The monoisotopic (exact) mass is 396 g/mol. The molecule has 0 spiro atoms. The third-order valence-electron chi connectivity index (χ3n) is 5.37. The van der Waals surface area contributed by atoms with Crippen molar-refractivity contribution in [1.29, 1.82) is 0 Å². The van der Waals surface area contributed by atoms with Crippen LogP contribution in [0, 0.1) is 0 Å². The van der Waals surface area contributed by atoms with Crippen molar-refractivity contribution in [3.05, 3.63) is 41.0 Å². The Morgan fingerprint density at radius 1 is 1.34 bits per heavy atom. The van der Waals surface area contributed by atoms with Crippen LogP contribution >= 0.6 is 0 Å². The van der Waals surface area contributed by atoms with Crippen LogP contribution in [0.1, 0.15) is 70.6 Å².